The second-order valence-corrected chi connectivity index (χ2v) is 5.30. The lowest BCUT2D eigenvalue weighted by Gasteiger charge is -2.10. The standard InChI is InChI=1S/C20H15N3O/c1-3-9-16(10-4-1)18-15-23(22-21-18)19-13-7-8-14-20(19)24-17-11-5-2-6-12-17/h1-15H. The van der Waals surface area contributed by atoms with Crippen molar-refractivity contribution in [2.75, 3.05) is 0 Å². The van der Waals surface area contributed by atoms with Crippen molar-refractivity contribution in [1.82, 2.24) is 15.0 Å². The minimum Gasteiger partial charge on any atom is -0.455 e. The minimum absolute atomic E-state index is 0.730. The summed E-state index contributed by atoms with van der Waals surface area (Å²) in [6, 6.07) is 27.5. The molecule has 0 radical (unpaired) electrons. The van der Waals surface area contributed by atoms with Crippen LogP contribution in [0.5, 0.6) is 11.5 Å². The van der Waals surface area contributed by atoms with Crippen LogP contribution < -0.4 is 4.74 Å². The highest BCUT2D eigenvalue weighted by Gasteiger charge is 2.10. The number of ether oxygens (including phenoxy) is 1. The third-order valence-corrected chi connectivity index (χ3v) is 3.65. The van der Waals surface area contributed by atoms with Gasteiger partial charge in [-0.3, -0.25) is 0 Å². The normalized spacial score (nSPS) is 10.5. The van der Waals surface area contributed by atoms with E-state index in [9.17, 15) is 0 Å². The molecular weight excluding hydrogens is 298 g/mol. The van der Waals surface area contributed by atoms with Gasteiger partial charge in [0, 0.05) is 5.56 Å². The largest absolute Gasteiger partial charge is 0.455 e. The molecular formula is C20H15N3O. The minimum atomic E-state index is 0.730. The molecule has 0 aliphatic heterocycles. The van der Waals surface area contributed by atoms with Gasteiger partial charge < -0.3 is 4.74 Å². The van der Waals surface area contributed by atoms with Crippen LogP contribution in [0.4, 0.5) is 0 Å². The van der Waals surface area contributed by atoms with Gasteiger partial charge in [0.25, 0.3) is 0 Å². The van der Waals surface area contributed by atoms with Crippen molar-refractivity contribution in [2.45, 2.75) is 0 Å². The zero-order valence-electron chi connectivity index (χ0n) is 12.9. The van der Waals surface area contributed by atoms with Gasteiger partial charge in [0.05, 0.1) is 6.20 Å². The lowest BCUT2D eigenvalue weighted by molar-refractivity contribution is 0.477. The summed E-state index contributed by atoms with van der Waals surface area (Å²) in [5, 5.41) is 8.52. The molecule has 4 heteroatoms. The number of nitrogens with zero attached hydrogens (tertiary/aromatic N) is 3. The third-order valence-electron chi connectivity index (χ3n) is 3.65. The Morgan fingerprint density at radius 1 is 0.708 bits per heavy atom. The van der Waals surface area contributed by atoms with Crippen LogP contribution in [-0.4, -0.2) is 15.0 Å². The molecule has 116 valence electrons. The van der Waals surface area contributed by atoms with Gasteiger partial charge in [-0.05, 0) is 24.3 Å². The maximum atomic E-state index is 5.99. The zero-order chi connectivity index (χ0) is 16.2. The fourth-order valence-corrected chi connectivity index (χ4v) is 2.47. The summed E-state index contributed by atoms with van der Waals surface area (Å²) in [5.74, 6) is 1.52. The molecule has 0 saturated heterocycles. The summed E-state index contributed by atoms with van der Waals surface area (Å²) >= 11 is 0. The first kappa shape index (κ1) is 14.2. The van der Waals surface area contributed by atoms with Crippen molar-refractivity contribution < 1.29 is 4.74 Å². The summed E-state index contributed by atoms with van der Waals surface area (Å²) in [6.07, 6.45) is 1.91. The smallest absolute Gasteiger partial charge is 0.153 e. The van der Waals surface area contributed by atoms with Crippen molar-refractivity contribution in [2.24, 2.45) is 0 Å². The van der Waals surface area contributed by atoms with Gasteiger partial charge in [-0.25, -0.2) is 4.68 Å². The Balaban J connectivity index is 1.69. The van der Waals surface area contributed by atoms with E-state index >= 15 is 0 Å². The predicted molar refractivity (Wildman–Crippen MR) is 93.3 cm³/mol. The van der Waals surface area contributed by atoms with Crippen LogP contribution in [0.3, 0.4) is 0 Å². The maximum Gasteiger partial charge on any atom is 0.153 e. The number of hydrogen-bond donors (Lipinski definition) is 0. The molecule has 0 aliphatic carbocycles. The molecule has 4 nitrogen and oxygen atoms in total. The molecule has 0 spiro atoms. The molecule has 0 N–H and O–H groups in total. The molecule has 0 bridgehead atoms. The quantitative estimate of drug-likeness (QED) is 0.547. The van der Waals surface area contributed by atoms with Crippen LogP contribution in [-0.2, 0) is 0 Å². The Morgan fingerprint density at radius 2 is 1.38 bits per heavy atom. The molecule has 24 heavy (non-hydrogen) atoms. The monoisotopic (exact) mass is 313 g/mol. The maximum absolute atomic E-state index is 5.99. The highest BCUT2D eigenvalue weighted by atomic mass is 16.5. The lowest BCUT2D eigenvalue weighted by atomic mass is 10.2. The first-order valence-electron chi connectivity index (χ1n) is 7.70. The molecule has 0 aliphatic rings. The fraction of sp³-hybridized carbons (Fsp3) is 0. The van der Waals surface area contributed by atoms with Gasteiger partial charge in [0.15, 0.2) is 5.75 Å². The van der Waals surface area contributed by atoms with Crippen LogP contribution in [0, 0.1) is 0 Å². The molecule has 0 saturated carbocycles. The third kappa shape index (κ3) is 2.90. The molecule has 3 aromatic carbocycles. The average Bonchev–Trinajstić information content (AvgIpc) is 3.14. The highest BCUT2D eigenvalue weighted by molar-refractivity contribution is 5.58. The van der Waals surface area contributed by atoms with E-state index in [1.165, 1.54) is 0 Å². The van der Waals surface area contributed by atoms with Crippen LogP contribution in [0.25, 0.3) is 16.9 Å². The summed E-state index contributed by atoms with van der Waals surface area (Å²) < 4.78 is 7.73. The SMILES string of the molecule is c1ccc(Oc2ccccc2-n2cc(-c3ccccc3)nn2)cc1. The van der Waals surface area contributed by atoms with Gasteiger partial charge in [0.2, 0.25) is 0 Å². The van der Waals surface area contributed by atoms with Crippen LogP contribution in [0.2, 0.25) is 0 Å². The summed E-state index contributed by atoms with van der Waals surface area (Å²) in [4.78, 5) is 0. The van der Waals surface area contributed by atoms with E-state index in [-0.39, 0.29) is 0 Å². The molecule has 1 heterocycles. The molecule has 0 amide bonds. The van der Waals surface area contributed by atoms with E-state index in [0.717, 1.165) is 28.4 Å². The Hall–Kier alpha value is -3.40. The Morgan fingerprint density at radius 3 is 2.17 bits per heavy atom. The highest BCUT2D eigenvalue weighted by Crippen LogP contribution is 2.28. The van der Waals surface area contributed by atoms with E-state index in [4.69, 9.17) is 4.74 Å². The Bertz CT molecular complexity index is 933. The van der Waals surface area contributed by atoms with Crippen LogP contribution >= 0.6 is 0 Å². The molecule has 0 unspecified atom stereocenters. The zero-order valence-corrected chi connectivity index (χ0v) is 12.9. The summed E-state index contributed by atoms with van der Waals surface area (Å²) in [7, 11) is 0. The van der Waals surface area contributed by atoms with Crippen molar-refractivity contribution in [3.8, 4) is 28.4 Å². The average molecular weight is 313 g/mol. The van der Waals surface area contributed by atoms with E-state index in [1.807, 2.05) is 91.1 Å². The topological polar surface area (TPSA) is 39.9 Å². The molecule has 0 atom stereocenters. The van der Waals surface area contributed by atoms with Crippen LogP contribution in [0.1, 0.15) is 0 Å². The number of rotatable bonds is 4. The van der Waals surface area contributed by atoms with Crippen molar-refractivity contribution >= 4 is 0 Å². The molecule has 4 aromatic rings. The van der Waals surface area contributed by atoms with Crippen molar-refractivity contribution in [1.29, 1.82) is 0 Å². The second kappa shape index (κ2) is 6.38. The molecule has 1 aromatic heterocycles. The van der Waals surface area contributed by atoms with Crippen molar-refractivity contribution in [3.63, 3.8) is 0 Å². The number of aromatic nitrogens is 3. The van der Waals surface area contributed by atoms with Gasteiger partial charge in [-0.15, -0.1) is 5.10 Å². The molecule has 0 fully saturated rings. The summed E-state index contributed by atoms with van der Waals surface area (Å²) in [6.45, 7) is 0. The van der Waals surface area contributed by atoms with Gasteiger partial charge in [-0.2, -0.15) is 0 Å². The summed E-state index contributed by atoms with van der Waals surface area (Å²) in [5.41, 5.74) is 2.70. The Labute approximate surface area is 140 Å². The van der Waals surface area contributed by atoms with Gasteiger partial charge in [0.1, 0.15) is 17.1 Å². The number of hydrogen-bond acceptors (Lipinski definition) is 3. The van der Waals surface area contributed by atoms with Crippen LogP contribution in [0.15, 0.2) is 91.1 Å². The Kier molecular flexibility index (Phi) is 3.78. The van der Waals surface area contributed by atoms with Gasteiger partial charge in [-0.1, -0.05) is 65.9 Å². The number of benzene rings is 3. The predicted octanol–water partition coefficient (Wildman–Crippen LogP) is 4.73. The van der Waals surface area contributed by atoms with E-state index in [0.29, 0.717) is 0 Å². The first-order valence-corrected chi connectivity index (χ1v) is 7.70. The van der Waals surface area contributed by atoms with E-state index < -0.39 is 0 Å². The van der Waals surface area contributed by atoms with Crippen molar-refractivity contribution in [3.05, 3.63) is 91.1 Å². The lowest BCUT2D eigenvalue weighted by Crippen LogP contribution is -1.98. The first-order chi connectivity index (χ1) is 11.9. The fourth-order valence-electron chi connectivity index (χ4n) is 2.47. The van der Waals surface area contributed by atoms with E-state index in [2.05, 4.69) is 10.3 Å². The number of para-hydroxylation sites is 3. The van der Waals surface area contributed by atoms with E-state index in [1.54, 1.807) is 4.68 Å². The second-order valence-electron chi connectivity index (χ2n) is 5.30. The van der Waals surface area contributed by atoms with Gasteiger partial charge >= 0.3 is 0 Å². The molecule has 4 rings (SSSR count).